The Kier molecular flexibility index (Phi) is 4.47. The van der Waals surface area contributed by atoms with E-state index >= 15 is 0 Å². The number of imidazole rings is 1. The zero-order valence-corrected chi connectivity index (χ0v) is 13.0. The van der Waals surface area contributed by atoms with Crippen LogP contribution >= 0.6 is 0 Å². The van der Waals surface area contributed by atoms with E-state index in [-0.39, 0.29) is 11.7 Å². The van der Waals surface area contributed by atoms with Crippen LogP contribution in [0.4, 0.5) is 17.1 Å². The lowest BCUT2D eigenvalue weighted by atomic mass is 9.96. The van der Waals surface area contributed by atoms with Crippen molar-refractivity contribution in [2.45, 2.75) is 12.8 Å². The van der Waals surface area contributed by atoms with Gasteiger partial charge in [-0.1, -0.05) is 0 Å². The van der Waals surface area contributed by atoms with Gasteiger partial charge < -0.3 is 26.7 Å². The van der Waals surface area contributed by atoms with E-state index in [2.05, 4.69) is 20.2 Å². The molecule has 0 atom stereocenters. The maximum absolute atomic E-state index is 12.2. The number of rotatable bonds is 4. The molecule has 0 radical (unpaired) electrons. The molecule has 6 N–H and O–H groups in total. The van der Waals surface area contributed by atoms with E-state index < -0.39 is 0 Å². The quantitative estimate of drug-likeness (QED) is 0.637. The summed E-state index contributed by atoms with van der Waals surface area (Å²) < 4.78 is 0. The summed E-state index contributed by atoms with van der Waals surface area (Å²) in [5.41, 5.74) is 13.9. The fraction of sp³-hybridized carbons (Fsp3) is 0.375. The van der Waals surface area contributed by atoms with E-state index in [1.165, 1.54) is 0 Å². The Morgan fingerprint density at radius 2 is 2.17 bits per heavy atom. The number of carbonyl (C=O) groups is 1. The number of nitrogen functional groups attached to an aromatic ring is 1. The highest BCUT2D eigenvalue weighted by Gasteiger charge is 2.21. The van der Waals surface area contributed by atoms with Crippen LogP contribution in [-0.2, 0) is 0 Å². The number of carbonyl (C=O) groups excluding carboxylic acids is 1. The second-order valence-corrected chi connectivity index (χ2v) is 5.83. The molecule has 0 spiro atoms. The van der Waals surface area contributed by atoms with Gasteiger partial charge in [0.1, 0.15) is 0 Å². The second-order valence-electron chi connectivity index (χ2n) is 5.83. The normalized spacial score (nSPS) is 15.6. The van der Waals surface area contributed by atoms with Crippen LogP contribution in [-0.4, -0.2) is 35.5 Å². The molecule has 0 aliphatic carbocycles. The van der Waals surface area contributed by atoms with Gasteiger partial charge in [-0.2, -0.15) is 0 Å². The zero-order valence-electron chi connectivity index (χ0n) is 13.0. The summed E-state index contributed by atoms with van der Waals surface area (Å²) in [6, 6.07) is 5.59. The first-order chi connectivity index (χ1) is 11.2. The van der Waals surface area contributed by atoms with Gasteiger partial charge in [-0.15, -0.1) is 0 Å². The third-order valence-corrected chi connectivity index (χ3v) is 4.27. The molecule has 2 aromatic rings. The Balaban J connectivity index is 1.79. The van der Waals surface area contributed by atoms with Gasteiger partial charge >= 0.3 is 0 Å². The summed E-state index contributed by atoms with van der Waals surface area (Å²) in [4.78, 5) is 21.3. The van der Waals surface area contributed by atoms with Crippen LogP contribution < -0.4 is 21.7 Å². The molecule has 0 saturated carbocycles. The van der Waals surface area contributed by atoms with E-state index in [1.54, 1.807) is 18.5 Å². The average Bonchev–Trinajstić information content (AvgIpc) is 3.10. The van der Waals surface area contributed by atoms with Crippen molar-refractivity contribution >= 4 is 23.0 Å². The molecular weight excluding hydrogens is 292 g/mol. The Morgan fingerprint density at radius 1 is 1.39 bits per heavy atom. The minimum absolute atomic E-state index is 0.278. The largest absolute Gasteiger partial charge is 0.399 e. The number of nitrogens with one attached hydrogen (secondary N) is 2. The van der Waals surface area contributed by atoms with Crippen molar-refractivity contribution in [2.75, 3.05) is 35.6 Å². The van der Waals surface area contributed by atoms with Gasteiger partial charge in [0.05, 0.1) is 11.4 Å². The molecule has 2 heterocycles. The Hall–Kier alpha value is -2.54. The van der Waals surface area contributed by atoms with Crippen molar-refractivity contribution in [1.29, 1.82) is 0 Å². The van der Waals surface area contributed by atoms with Crippen molar-refractivity contribution in [3.63, 3.8) is 0 Å². The number of nitrogens with zero attached hydrogens (tertiary/aromatic N) is 2. The van der Waals surface area contributed by atoms with Crippen LogP contribution in [0.3, 0.4) is 0 Å². The molecular formula is C16H22N6O. The highest BCUT2D eigenvalue weighted by Crippen LogP contribution is 2.31. The molecule has 23 heavy (non-hydrogen) atoms. The number of benzene rings is 1. The number of hydrogen-bond donors (Lipinski definition) is 4. The van der Waals surface area contributed by atoms with Crippen LogP contribution in [0.5, 0.6) is 0 Å². The van der Waals surface area contributed by atoms with Crippen molar-refractivity contribution < 1.29 is 4.79 Å². The maximum Gasteiger partial charge on any atom is 0.291 e. The van der Waals surface area contributed by atoms with Crippen LogP contribution in [0.15, 0.2) is 30.6 Å². The van der Waals surface area contributed by atoms with Gasteiger partial charge in [-0.05, 0) is 43.5 Å². The lowest BCUT2D eigenvalue weighted by Gasteiger charge is -2.34. The van der Waals surface area contributed by atoms with Crippen LogP contribution in [0, 0.1) is 5.92 Å². The number of hydrogen-bond acceptors (Lipinski definition) is 5. The number of nitrogens with two attached hydrogens (primary N) is 2. The van der Waals surface area contributed by atoms with Crippen LogP contribution in [0.25, 0.3) is 0 Å². The molecule has 122 valence electrons. The maximum atomic E-state index is 12.2. The van der Waals surface area contributed by atoms with Crippen molar-refractivity contribution in [2.24, 2.45) is 11.7 Å². The van der Waals surface area contributed by atoms with Gasteiger partial charge in [0.15, 0.2) is 5.82 Å². The van der Waals surface area contributed by atoms with E-state index in [0.717, 1.165) is 38.2 Å². The SMILES string of the molecule is NCC1CCN(c2ccc(N)cc2NC(=O)c2ncc[nH]2)CC1. The van der Waals surface area contributed by atoms with Crippen LogP contribution in [0.1, 0.15) is 23.5 Å². The fourth-order valence-electron chi connectivity index (χ4n) is 2.91. The van der Waals surface area contributed by atoms with Crippen molar-refractivity contribution in [3.05, 3.63) is 36.4 Å². The Labute approximate surface area is 135 Å². The molecule has 3 rings (SSSR count). The summed E-state index contributed by atoms with van der Waals surface area (Å²) in [7, 11) is 0. The first-order valence-corrected chi connectivity index (χ1v) is 7.82. The molecule has 1 aromatic carbocycles. The van der Waals surface area contributed by atoms with Crippen LogP contribution in [0.2, 0.25) is 0 Å². The lowest BCUT2D eigenvalue weighted by Crippen LogP contribution is -2.36. The summed E-state index contributed by atoms with van der Waals surface area (Å²) in [5, 5.41) is 2.90. The molecule has 1 fully saturated rings. The predicted octanol–water partition coefficient (Wildman–Crippen LogP) is 1.42. The third kappa shape index (κ3) is 3.45. The molecule has 7 heteroatoms. The standard InChI is InChI=1S/C16H22N6O/c17-10-11-3-7-22(8-4-11)14-2-1-12(18)9-13(14)21-16(23)15-19-5-6-20-15/h1-2,5-6,9,11H,3-4,7-8,10,17-18H2,(H,19,20)(H,21,23). The van der Waals surface area contributed by atoms with Gasteiger partial charge in [0.2, 0.25) is 0 Å². The topological polar surface area (TPSA) is 113 Å². The first-order valence-electron chi connectivity index (χ1n) is 7.82. The zero-order chi connectivity index (χ0) is 16.2. The summed E-state index contributed by atoms with van der Waals surface area (Å²) in [5.74, 6) is 0.583. The molecule has 1 aliphatic heterocycles. The minimum atomic E-state index is -0.279. The highest BCUT2D eigenvalue weighted by atomic mass is 16.2. The fourth-order valence-corrected chi connectivity index (χ4v) is 2.91. The Morgan fingerprint density at radius 3 is 2.83 bits per heavy atom. The minimum Gasteiger partial charge on any atom is -0.399 e. The van der Waals surface area contributed by atoms with Crippen molar-refractivity contribution in [1.82, 2.24) is 9.97 Å². The second kappa shape index (κ2) is 6.70. The van der Waals surface area contributed by atoms with E-state index in [1.807, 2.05) is 12.1 Å². The molecule has 0 bridgehead atoms. The highest BCUT2D eigenvalue weighted by molar-refractivity contribution is 6.03. The summed E-state index contributed by atoms with van der Waals surface area (Å²) in [6.07, 6.45) is 5.29. The number of piperidine rings is 1. The van der Waals surface area contributed by atoms with Crippen molar-refractivity contribution in [3.8, 4) is 0 Å². The Bertz CT molecular complexity index is 661. The third-order valence-electron chi connectivity index (χ3n) is 4.27. The molecule has 1 amide bonds. The van der Waals surface area contributed by atoms with Gasteiger partial charge in [0, 0.05) is 31.2 Å². The monoisotopic (exact) mass is 314 g/mol. The number of anilines is 3. The predicted molar refractivity (Wildman–Crippen MR) is 91.4 cm³/mol. The van der Waals surface area contributed by atoms with Gasteiger partial charge in [0.25, 0.3) is 5.91 Å². The average molecular weight is 314 g/mol. The molecule has 7 nitrogen and oxygen atoms in total. The summed E-state index contributed by atoms with van der Waals surface area (Å²) >= 11 is 0. The molecule has 0 unspecified atom stereocenters. The van der Waals surface area contributed by atoms with E-state index in [4.69, 9.17) is 11.5 Å². The number of aromatic nitrogens is 2. The van der Waals surface area contributed by atoms with Gasteiger partial charge in [-0.25, -0.2) is 4.98 Å². The number of amides is 1. The van der Waals surface area contributed by atoms with E-state index in [9.17, 15) is 4.79 Å². The molecule has 1 aromatic heterocycles. The molecule has 1 saturated heterocycles. The molecule has 1 aliphatic rings. The van der Waals surface area contributed by atoms with Gasteiger partial charge in [-0.3, -0.25) is 4.79 Å². The summed E-state index contributed by atoms with van der Waals surface area (Å²) in [6.45, 7) is 2.59. The first kappa shape index (κ1) is 15.4. The number of aromatic amines is 1. The smallest absolute Gasteiger partial charge is 0.291 e. The number of H-pyrrole nitrogens is 1. The van der Waals surface area contributed by atoms with E-state index in [0.29, 0.717) is 17.3 Å². The lowest BCUT2D eigenvalue weighted by molar-refractivity contribution is 0.101.